The minimum absolute atomic E-state index is 0.0239. The van der Waals surface area contributed by atoms with Gasteiger partial charge in [-0.2, -0.15) is 0 Å². The van der Waals surface area contributed by atoms with E-state index in [9.17, 15) is 4.79 Å². The summed E-state index contributed by atoms with van der Waals surface area (Å²) in [6, 6.07) is 10.1. The summed E-state index contributed by atoms with van der Waals surface area (Å²) in [6.45, 7) is 2.08. The topological polar surface area (TPSA) is 79.6 Å². The Morgan fingerprint density at radius 3 is 2.88 bits per heavy atom. The van der Waals surface area contributed by atoms with Gasteiger partial charge in [0.05, 0.1) is 13.7 Å². The Morgan fingerprint density at radius 2 is 2.12 bits per heavy atom. The third-order valence-electron chi connectivity index (χ3n) is 4.97. The number of hydrogen-bond acceptors (Lipinski definition) is 5. The summed E-state index contributed by atoms with van der Waals surface area (Å²) in [5.74, 6) is 1.36. The number of carbonyl (C=O) groups is 1. The van der Waals surface area contributed by atoms with Crippen LogP contribution in [0, 0.1) is 0 Å². The van der Waals surface area contributed by atoms with E-state index in [1.165, 1.54) is 0 Å². The fraction of sp³-hybridized carbons (Fsp3) is 0.444. The quantitative estimate of drug-likeness (QED) is 0.888. The minimum atomic E-state index is -0.0239. The molecule has 0 radical (unpaired) electrons. The van der Waals surface area contributed by atoms with Crippen LogP contribution in [0.2, 0.25) is 0 Å². The molecule has 1 aromatic heterocycles. The van der Waals surface area contributed by atoms with Crippen LogP contribution in [-0.2, 0) is 6.54 Å². The van der Waals surface area contributed by atoms with Crippen molar-refractivity contribution in [2.24, 2.45) is 0 Å². The van der Waals surface area contributed by atoms with E-state index >= 15 is 0 Å². The highest BCUT2D eigenvalue weighted by Gasteiger charge is 2.39. The summed E-state index contributed by atoms with van der Waals surface area (Å²) < 4.78 is 10.7. The third kappa shape index (κ3) is 3.07. The Kier molecular flexibility index (Phi) is 4.31. The number of hydrogen-bond donors (Lipinski definition) is 2. The normalized spacial score (nSPS) is 22.0. The van der Waals surface area contributed by atoms with E-state index in [-0.39, 0.29) is 6.03 Å². The highest BCUT2D eigenvalue weighted by molar-refractivity contribution is 5.75. The van der Waals surface area contributed by atoms with Crippen LogP contribution in [0.3, 0.4) is 0 Å². The summed E-state index contributed by atoms with van der Waals surface area (Å²) in [5, 5.41) is 10.4. The molecular formula is C18H22N4O3. The number of amides is 2. The average molecular weight is 342 g/mol. The second-order valence-electron chi connectivity index (χ2n) is 6.49. The Hall–Kier alpha value is -2.54. The smallest absolute Gasteiger partial charge is 0.318 e. The molecule has 2 N–H and O–H groups in total. The Bertz CT molecular complexity index is 744. The molecule has 2 fully saturated rings. The monoisotopic (exact) mass is 342 g/mol. The van der Waals surface area contributed by atoms with Crippen molar-refractivity contribution in [2.75, 3.05) is 20.2 Å². The van der Waals surface area contributed by atoms with Crippen molar-refractivity contribution in [2.45, 2.75) is 31.5 Å². The lowest BCUT2D eigenvalue weighted by atomic mass is 10.1. The van der Waals surface area contributed by atoms with Crippen molar-refractivity contribution in [3.63, 3.8) is 0 Å². The number of benzene rings is 1. The van der Waals surface area contributed by atoms with Crippen molar-refractivity contribution < 1.29 is 14.1 Å². The summed E-state index contributed by atoms with van der Waals surface area (Å²) in [6.07, 6.45) is 2.15. The van der Waals surface area contributed by atoms with Crippen molar-refractivity contribution in [3.05, 3.63) is 36.1 Å². The van der Waals surface area contributed by atoms with Crippen LogP contribution in [0.15, 0.2) is 34.9 Å². The molecule has 132 valence electrons. The van der Waals surface area contributed by atoms with Crippen molar-refractivity contribution in [1.29, 1.82) is 0 Å². The van der Waals surface area contributed by atoms with E-state index in [1.54, 1.807) is 7.11 Å². The van der Waals surface area contributed by atoms with Gasteiger partial charge in [0.25, 0.3) is 0 Å². The predicted octanol–water partition coefficient (Wildman–Crippen LogP) is 2.00. The lowest BCUT2D eigenvalue weighted by molar-refractivity contribution is 0.153. The van der Waals surface area contributed by atoms with Gasteiger partial charge in [-0.15, -0.1) is 0 Å². The first-order chi connectivity index (χ1) is 12.3. The maximum atomic E-state index is 12.5. The van der Waals surface area contributed by atoms with Crippen molar-refractivity contribution >= 4 is 6.03 Å². The molecule has 2 atom stereocenters. The first-order valence-corrected chi connectivity index (χ1v) is 8.62. The molecule has 2 saturated heterocycles. The van der Waals surface area contributed by atoms with E-state index in [4.69, 9.17) is 9.26 Å². The van der Waals surface area contributed by atoms with E-state index in [0.29, 0.717) is 30.1 Å². The molecule has 7 heteroatoms. The molecule has 25 heavy (non-hydrogen) atoms. The maximum absolute atomic E-state index is 12.5. The first-order valence-electron chi connectivity index (χ1n) is 8.62. The second kappa shape index (κ2) is 6.76. The highest BCUT2D eigenvalue weighted by atomic mass is 16.5. The molecule has 0 spiro atoms. The van der Waals surface area contributed by atoms with E-state index < -0.39 is 0 Å². The van der Waals surface area contributed by atoms with Crippen LogP contribution in [-0.4, -0.2) is 48.4 Å². The Labute approximate surface area is 146 Å². The predicted molar refractivity (Wildman–Crippen MR) is 92.2 cm³/mol. The number of nitrogens with one attached hydrogen (secondary N) is 2. The summed E-state index contributed by atoms with van der Waals surface area (Å²) in [7, 11) is 1.63. The number of aromatic nitrogens is 1. The second-order valence-corrected chi connectivity index (χ2v) is 6.49. The zero-order chi connectivity index (χ0) is 17.2. The molecule has 2 aliphatic heterocycles. The van der Waals surface area contributed by atoms with Gasteiger partial charge < -0.3 is 24.8 Å². The summed E-state index contributed by atoms with van der Waals surface area (Å²) in [4.78, 5) is 14.5. The third-order valence-corrected chi connectivity index (χ3v) is 4.97. The van der Waals surface area contributed by atoms with Crippen molar-refractivity contribution in [3.8, 4) is 17.0 Å². The molecule has 3 heterocycles. The number of fused-ring (bicyclic) bond motifs is 2. The number of carbonyl (C=O) groups excluding carboxylic acids is 1. The zero-order valence-electron chi connectivity index (χ0n) is 14.2. The number of rotatable bonds is 4. The number of para-hydroxylation sites is 1. The molecule has 2 aromatic rings. The van der Waals surface area contributed by atoms with E-state index in [2.05, 4.69) is 15.8 Å². The number of ether oxygens (including phenoxy) is 1. The molecule has 2 unspecified atom stereocenters. The lowest BCUT2D eigenvalue weighted by Gasteiger charge is -2.35. The molecule has 4 rings (SSSR count). The molecule has 2 aliphatic rings. The average Bonchev–Trinajstić information content (AvgIpc) is 3.22. The molecular weight excluding hydrogens is 320 g/mol. The van der Waals surface area contributed by atoms with Gasteiger partial charge >= 0.3 is 6.03 Å². The van der Waals surface area contributed by atoms with E-state index in [1.807, 2.05) is 35.2 Å². The van der Waals surface area contributed by atoms with Gasteiger partial charge in [-0.25, -0.2) is 4.79 Å². The molecule has 2 amide bonds. The SMILES string of the molecule is COc1ccccc1-c1cc(CNC(=O)N2C3CCC2CNC3)on1. The molecule has 2 bridgehead atoms. The Morgan fingerprint density at radius 1 is 1.36 bits per heavy atom. The van der Waals surface area contributed by atoms with Gasteiger partial charge in [0, 0.05) is 36.8 Å². The van der Waals surface area contributed by atoms with E-state index in [0.717, 1.165) is 37.2 Å². The molecule has 0 saturated carbocycles. The Balaban J connectivity index is 1.41. The highest BCUT2D eigenvalue weighted by Crippen LogP contribution is 2.29. The fourth-order valence-corrected chi connectivity index (χ4v) is 3.74. The van der Waals surface area contributed by atoms with Gasteiger partial charge in [-0.05, 0) is 25.0 Å². The number of piperazine rings is 1. The van der Waals surface area contributed by atoms with Crippen LogP contribution in [0.5, 0.6) is 5.75 Å². The van der Waals surface area contributed by atoms with Crippen LogP contribution >= 0.6 is 0 Å². The number of nitrogens with zero attached hydrogens (tertiary/aromatic N) is 2. The van der Waals surface area contributed by atoms with Crippen LogP contribution in [0.1, 0.15) is 18.6 Å². The lowest BCUT2D eigenvalue weighted by Crippen LogP contribution is -2.56. The van der Waals surface area contributed by atoms with Crippen molar-refractivity contribution in [1.82, 2.24) is 20.7 Å². The largest absolute Gasteiger partial charge is 0.496 e. The van der Waals surface area contributed by atoms with Crippen LogP contribution in [0.25, 0.3) is 11.3 Å². The summed E-state index contributed by atoms with van der Waals surface area (Å²) in [5.41, 5.74) is 1.57. The standard InChI is InChI=1S/C18H22N4O3/c1-24-17-5-3-2-4-15(17)16-8-14(25-21-16)11-20-18(23)22-12-6-7-13(22)10-19-9-12/h2-5,8,12-13,19H,6-7,9-11H2,1H3,(H,20,23). The van der Waals surface area contributed by atoms with Gasteiger partial charge in [0.2, 0.25) is 0 Å². The molecule has 7 nitrogen and oxygen atoms in total. The van der Waals surface area contributed by atoms with Gasteiger partial charge in [-0.1, -0.05) is 17.3 Å². The minimum Gasteiger partial charge on any atom is -0.496 e. The van der Waals surface area contributed by atoms with Gasteiger partial charge in [0.1, 0.15) is 11.4 Å². The first kappa shape index (κ1) is 16.0. The number of methoxy groups -OCH3 is 1. The molecule has 1 aromatic carbocycles. The molecule has 0 aliphatic carbocycles. The fourth-order valence-electron chi connectivity index (χ4n) is 3.74. The van der Waals surface area contributed by atoms with Crippen LogP contribution in [0.4, 0.5) is 4.79 Å². The number of urea groups is 1. The van der Waals surface area contributed by atoms with Gasteiger partial charge in [-0.3, -0.25) is 0 Å². The maximum Gasteiger partial charge on any atom is 0.318 e. The van der Waals surface area contributed by atoms with Crippen LogP contribution < -0.4 is 15.4 Å². The van der Waals surface area contributed by atoms with Gasteiger partial charge in [0.15, 0.2) is 5.76 Å². The summed E-state index contributed by atoms with van der Waals surface area (Å²) >= 11 is 0. The zero-order valence-corrected chi connectivity index (χ0v) is 14.2.